The number of piperazine rings is 1. The molecule has 2 heterocycles. The fraction of sp³-hybridized carbons (Fsp3) is 0.652. The summed E-state index contributed by atoms with van der Waals surface area (Å²) in [4.78, 5) is 29.1. The molecule has 33 heavy (non-hydrogen) atoms. The molecule has 3 aliphatic rings. The monoisotopic (exact) mass is 478 g/mol. The van der Waals surface area contributed by atoms with Gasteiger partial charge in [0.25, 0.3) is 0 Å². The summed E-state index contributed by atoms with van der Waals surface area (Å²) in [6.45, 7) is 6.03. The van der Waals surface area contributed by atoms with Crippen LogP contribution in [0.3, 0.4) is 0 Å². The molecule has 0 radical (unpaired) electrons. The van der Waals surface area contributed by atoms with Crippen molar-refractivity contribution in [2.75, 3.05) is 57.7 Å². The topological polar surface area (TPSA) is 99.3 Å². The molecule has 1 aliphatic carbocycles. The minimum Gasteiger partial charge on any atom is -0.492 e. The van der Waals surface area contributed by atoms with E-state index < -0.39 is 10.0 Å². The van der Waals surface area contributed by atoms with Gasteiger partial charge in [0.05, 0.1) is 23.7 Å². The van der Waals surface area contributed by atoms with Crippen molar-refractivity contribution in [3.8, 4) is 5.75 Å². The minimum atomic E-state index is -3.62. The minimum absolute atomic E-state index is 0.162. The third-order valence-corrected chi connectivity index (χ3v) is 8.35. The molecule has 1 aromatic carbocycles. The van der Waals surface area contributed by atoms with Gasteiger partial charge in [-0.15, -0.1) is 0 Å². The molecule has 2 saturated heterocycles. The second-order valence-corrected chi connectivity index (χ2v) is 10.9. The third-order valence-electron chi connectivity index (χ3n) is 6.46. The normalized spacial score (nSPS) is 20.5. The van der Waals surface area contributed by atoms with Crippen molar-refractivity contribution in [1.82, 2.24) is 14.1 Å². The number of hydrogen-bond donors (Lipinski definition) is 1. The molecule has 9 nitrogen and oxygen atoms in total. The number of benzene rings is 1. The summed E-state index contributed by atoms with van der Waals surface area (Å²) >= 11 is 0. The van der Waals surface area contributed by atoms with Crippen LogP contribution in [-0.4, -0.2) is 86.8 Å². The Morgan fingerprint density at radius 1 is 1.03 bits per heavy atom. The smallest absolute Gasteiger partial charge is 0.243 e. The van der Waals surface area contributed by atoms with E-state index in [0.717, 1.165) is 32.1 Å². The van der Waals surface area contributed by atoms with Gasteiger partial charge in [-0.2, -0.15) is 4.31 Å². The number of amides is 2. The van der Waals surface area contributed by atoms with Gasteiger partial charge < -0.3 is 15.0 Å². The number of nitrogens with one attached hydrogen (secondary N) is 1. The maximum atomic E-state index is 13.1. The third kappa shape index (κ3) is 5.85. The Bertz CT molecular complexity index is 965. The molecule has 0 bridgehead atoms. The Hall–Kier alpha value is -2.17. The first-order valence-electron chi connectivity index (χ1n) is 12.0. The molecule has 0 unspecified atom stereocenters. The van der Waals surface area contributed by atoms with Gasteiger partial charge in [0.15, 0.2) is 0 Å². The second-order valence-electron chi connectivity index (χ2n) is 8.98. The van der Waals surface area contributed by atoms with E-state index in [9.17, 15) is 18.0 Å². The highest BCUT2D eigenvalue weighted by atomic mass is 32.2. The molecule has 182 valence electrons. The zero-order chi connectivity index (χ0) is 23.4. The van der Waals surface area contributed by atoms with E-state index in [2.05, 4.69) is 5.32 Å². The first kappa shape index (κ1) is 24.0. The first-order chi connectivity index (χ1) is 15.9. The summed E-state index contributed by atoms with van der Waals surface area (Å²) in [7, 11) is -3.62. The van der Waals surface area contributed by atoms with E-state index in [1.165, 1.54) is 10.4 Å². The SMILES string of the molecule is CCOc1ccc(S(=O)(=O)N2CCCCC2)cc1NC(=O)CN1CCN(C(=O)C2CC2)CC1. The molecule has 0 spiro atoms. The van der Waals surface area contributed by atoms with Gasteiger partial charge in [0, 0.05) is 45.2 Å². The number of nitrogens with zero attached hydrogens (tertiary/aromatic N) is 3. The van der Waals surface area contributed by atoms with Crippen molar-refractivity contribution in [2.24, 2.45) is 5.92 Å². The highest BCUT2D eigenvalue weighted by Gasteiger charge is 2.34. The number of carbonyl (C=O) groups is 2. The highest BCUT2D eigenvalue weighted by Crippen LogP contribution is 2.32. The van der Waals surface area contributed by atoms with Crippen molar-refractivity contribution in [3.05, 3.63) is 18.2 Å². The molecular weight excluding hydrogens is 444 g/mol. The van der Waals surface area contributed by atoms with Gasteiger partial charge in [0.2, 0.25) is 21.8 Å². The maximum absolute atomic E-state index is 13.1. The van der Waals surface area contributed by atoms with Crippen LogP contribution in [0.25, 0.3) is 0 Å². The standard InChI is InChI=1S/C23H34N4O5S/c1-2-32-21-9-8-19(33(30,31)27-10-4-3-5-11-27)16-20(21)24-22(28)17-25-12-14-26(15-13-25)23(29)18-6-7-18/h8-9,16,18H,2-7,10-15,17H2,1H3,(H,24,28). The molecule has 0 aromatic heterocycles. The Balaban J connectivity index is 1.40. The molecule has 2 amide bonds. The van der Waals surface area contributed by atoms with Gasteiger partial charge >= 0.3 is 0 Å². The van der Waals surface area contributed by atoms with E-state index in [0.29, 0.717) is 57.3 Å². The van der Waals surface area contributed by atoms with Gasteiger partial charge in [-0.05, 0) is 50.8 Å². The molecule has 3 fully saturated rings. The Labute approximate surface area is 196 Å². The average Bonchev–Trinajstić information content (AvgIpc) is 3.66. The molecule has 1 N–H and O–H groups in total. The van der Waals surface area contributed by atoms with E-state index in [4.69, 9.17) is 4.74 Å². The predicted octanol–water partition coefficient (Wildman–Crippen LogP) is 1.75. The van der Waals surface area contributed by atoms with Crippen LogP contribution < -0.4 is 10.1 Å². The summed E-state index contributed by atoms with van der Waals surface area (Å²) in [5.74, 6) is 0.672. The van der Waals surface area contributed by atoms with E-state index in [1.54, 1.807) is 12.1 Å². The van der Waals surface area contributed by atoms with Crippen LogP contribution in [0.5, 0.6) is 5.75 Å². The number of anilines is 1. The molecule has 10 heteroatoms. The fourth-order valence-electron chi connectivity index (χ4n) is 4.41. The number of hydrogen-bond acceptors (Lipinski definition) is 6. The zero-order valence-electron chi connectivity index (χ0n) is 19.3. The average molecular weight is 479 g/mol. The van der Waals surface area contributed by atoms with Crippen LogP contribution in [-0.2, 0) is 19.6 Å². The van der Waals surface area contributed by atoms with Crippen LogP contribution in [0.2, 0.25) is 0 Å². The molecule has 0 atom stereocenters. The van der Waals surface area contributed by atoms with Crippen LogP contribution in [0.4, 0.5) is 5.69 Å². The quantitative estimate of drug-likeness (QED) is 0.611. The molecule has 2 aliphatic heterocycles. The van der Waals surface area contributed by atoms with Crippen LogP contribution in [0, 0.1) is 5.92 Å². The number of rotatable bonds is 8. The van der Waals surface area contributed by atoms with Crippen molar-refractivity contribution in [2.45, 2.75) is 43.9 Å². The summed E-state index contributed by atoms with van der Waals surface area (Å²) < 4.78 is 33.3. The van der Waals surface area contributed by atoms with Crippen molar-refractivity contribution >= 4 is 27.5 Å². The molecule has 1 aromatic rings. The highest BCUT2D eigenvalue weighted by molar-refractivity contribution is 7.89. The Morgan fingerprint density at radius 3 is 2.36 bits per heavy atom. The number of carbonyl (C=O) groups excluding carboxylic acids is 2. The summed E-state index contributed by atoms with van der Waals surface area (Å²) in [5, 5.41) is 2.85. The van der Waals surface area contributed by atoms with Crippen LogP contribution in [0.1, 0.15) is 39.0 Å². The lowest BCUT2D eigenvalue weighted by molar-refractivity contribution is -0.134. The van der Waals surface area contributed by atoms with Gasteiger partial charge in [-0.3, -0.25) is 14.5 Å². The largest absolute Gasteiger partial charge is 0.492 e. The van der Waals surface area contributed by atoms with Gasteiger partial charge in [0.1, 0.15) is 5.75 Å². The van der Waals surface area contributed by atoms with Crippen molar-refractivity contribution < 1.29 is 22.7 Å². The zero-order valence-corrected chi connectivity index (χ0v) is 20.1. The lowest BCUT2D eigenvalue weighted by atomic mass is 10.2. The van der Waals surface area contributed by atoms with E-state index >= 15 is 0 Å². The fourth-order valence-corrected chi connectivity index (χ4v) is 5.95. The van der Waals surface area contributed by atoms with E-state index in [-0.39, 0.29) is 29.2 Å². The van der Waals surface area contributed by atoms with Gasteiger partial charge in [-0.25, -0.2) is 8.42 Å². The van der Waals surface area contributed by atoms with Crippen LogP contribution in [0.15, 0.2) is 23.1 Å². The maximum Gasteiger partial charge on any atom is 0.243 e. The van der Waals surface area contributed by atoms with E-state index in [1.807, 2.05) is 16.7 Å². The Morgan fingerprint density at radius 2 is 1.73 bits per heavy atom. The lowest BCUT2D eigenvalue weighted by Gasteiger charge is -2.34. The van der Waals surface area contributed by atoms with Crippen molar-refractivity contribution in [1.29, 1.82) is 0 Å². The molecular formula is C23H34N4O5S. The number of piperidine rings is 1. The second kappa shape index (κ2) is 10.4. The summed E-state index contributed by atoms with van der Waals surface area (Å²) in [5.41, 5.74) is 0.363. The lowest BCUT2D eigenvalue weighted by Crippen LogP contribution is -2.50. The molecule has 1 saturated carbocycles. The summed E-state index contributed by atoms with van der Waals surface area (Å²) in [6.07, 6.45) is 4.75. The van der Waals surface area contributed by atoms with Crippen molar-refractivity contribution in [3.63, 3.8) is 0 Å². The first-order valence-corrected chi connectivity index (χ1v) is 13.4. The van der Waals surface area contributed by atoms with Crippen LogP contribution >= 0.6 is 0 Å². The molecule has 4 rings (SSSR count). The van der Waals surface area contributed by atoms with Gasteiger partial charge in [-0.1, -0.05) is 6.42 Å². The predicted molar refractivity (Wildman–Crippen MR) is 125 cm³/mol. The number of ether oxygens (including phenoxy) is 1. The summed E-state index contributed by atoms with van der Waals surface area (Å²) in [6, 6.07) is 4.65. The number of sulfonamides is 1. The Kier molecular flexibility index (Phi) is 7.55.